The third-order valence-corrected chi connectivity index (χ3v) is 3.10. The van der Waals surface area contributed by atoms with E-state index in [2.05, 4.69) is 5.32 Å². The number of halogens is 2. The zero-order chi connectivity index (χ0) is 13.7. The molecule has 0 aliphatic heterocycles. The Morgan fingerprint density at radius 2 is 1.79 bits per heavy atom. The SMILES string of the molecule is Cc1cc(F)ccc1CNCCc1cccc(F)c1. The lowest BCUT2D eigenvalue weighted by Crippen LogP contribution is -2.17. The van der Waals surface area contributed by atoms with Crippen molar-refractivity contribution in [2.24, 2.45) is 0 Å². The lowest BCUT2D eigenvalue weighted by Gasteiger charge is -2.08. The van der Waals surface area contributed by atoms with E-state index in [0.29, 0.717) is 6.54 Å². The molecule has 0 aliphatic carbocycles. The highest BCUT2D eigenvalue weighted by molar-refractivity contribution is 5.26. The normalized spacial score (nSPS) is 10.7. The molecule has 3 heteroatoms. The third-order valence-electron chi connectivity index (χ3n) is 3.10. The van der Waals surface area contributed by atoms with E-state index in [9.17, 15) is 8.78 Å². The molecule has 0 aliphatic rings. The molecule has 19 heavy (non-hydrogen) atoms. The summed E-state index contributed by atoms with van der Waals surface area (Å²) >= 11 is 0. The standard InChI is InChI=1S/C16H17F2N/c1-12-9-16(18)6-5-14(12)11-19-8-7-13-3-2-4-15(17)10-13/h2-6,9-10,19H,7-8,11H2,1H3. The van der Waals surface area contributed by atoms with Crippen molar-refractivity contribution < 1.29 is 8.78 Å². The van der Waals surface area contributed by atoms with Crippen LogP contribution in [0.3, 0.4) is 0 Å². The monoisotopic (exact) mass is 261 g/mol. The van der Waals surface area contributed by atoms with Crippen LogP contribution in [0.2, 0.25) is 0 Å². The highest BCUT2D eigenvalue weighted by Crippen LogP contribution is 2.10. The summed E-state index contributed by atoms with van der Waals surface area (Å²) in [4.78, 5) is 0. The maximum atomic E-state index is 13.0. The first-order valence-electron chi connectivity index (χ1n) is 6.35. The topological polar surface area (TPSA) is 12.0 Å². The molecule has 0 radical (unpaired) electrons. The zero-order valence-corrected chi connectivity index (χ0v) is 10.9. The molecule has 0 heterocycles. The van der Waals surface area contributed by atoms with Gasteiger partial charge in [-0.05, 0) is 60.8 Å². The molecule has 0 spiro atoms. The number of rotatable bonds is 5. The van der Waals surface area contributed by atoms with Crippen molar-refractivity contribution in [1.82, 2.24) is 5.32 Å². The molecule has 0 fully saturated rings. The molecule has 2 aromatic carbocycles. The molecular weight excluding hydrogens is 244 g/mol. The Hall–Kier alpha value is -1.74. The van der Waals surface area contributed by atoms with Crippen LogP contribution < -0.4 is 5.32 Å². The molecule has 0 amide bonds. The van der Waals surface area contributed by atoms with Gasteiger partial charge in [0.1, 0.15) is 11.6 Å². The van der Waals surface area contributed by atoms with E-state index in [0.717, 1.165) is 29.7 Å². The van der Waals surface area contributed by atoms with Gasteiger partial charge in [-0.15, -0.1) is 0 Å². The number of nitrogens with one attached hydrogen (secondary N) is 1. The quantitative estimate of drug-likeness (QED) is 0.811. The van der Waals surface area contributed by atoms with Crippen LogP contribution in [0.4, 0.5) is 8.78 Å². The molecule has 0 unspecified atom stereocenters. The highest BCUT2D eigenvalue weighted by Gasteiger charge is 2.00. The van der Waals surface area contributed by atoms with Crippen molar-refractivity contribution in [2.45, 2.75) is 19.9 Å². The lowest BCUT2D eigenvalue weighted by atomic mass is 10.1. The average molecular weight is 261 g/mol. The summed E-state index contributed by atoms with van der Waals surface area (Å²) in [6.45, 7) is 3.36. The predicted octanol–water partition coefficient (Wildman–Crippen LogP) is 3.61. The van der Waals surface area contributed by atoms with E-state index in [1.165, 1.54) is 18.2 Å². The second kappa shape index (κ2) is 6.43. The molecule has 100 valence electrons. The molecule has 0 saturated carbocycles. The molecule has 0 atom stereocenters. The maximum absolute atomic E-state index is 13.0. The van der Waals surface area contributed by atoms with Gasteiger partial charge in [0.05, 0.1) is 0 Å². The van der Waals surface area contributed by atoms with Gasteiger partial charge < -0.3 is 5.32 Å². The fourth-order valence-electron chi connectivity index (χ4n) is 2.01. The smallest absolute Gasteiger partial charge is 0.123 e. The van der Waals surface area contributed by atoms with Crippen LogP contribution in [0.1, 0.15) is 16.7 Å². The molecule has 1 N–H and O–H groups in total. The summed E-state index contributed by atoms with van der Waals surface area (Å²) in [6.07, 6.45) is 0.776. The number of aryl methyl sites for hydroxylation is 1. The van der Waals surface area contributed by atoms with Gasteiger partial charge in [-0.3, -0.25) is 0 Å². The van der Waals surface area contributed by atoms with E-state index in [1.807, 2.05) is 13.0 Å². The van der Waals surface area contributed by atoms with Crippen LogP contribution in [0, 0.1) is 18.6 Å². The molecule has 1 nitrogen and oxygen atoms in total. The van der Waals surface area contributed by atoms with E-state index in [1.54, 1.807) is 18.2 Å². The van der Waals surface area contributed by atoms with Crippen LogP contribution in [0.25, 0.3) is 0 Å². The van der Waals surface area contributed by atoms with Crippen molar-refractivity contribution in [3.05, 3.63) is 70.8 Å². The van der Waals surface area contributed by atoms with E-state index in [-0.39, 0.29) is 11.6 Å². The van der Waals surface area contributed by atoms with Gasteiger partial charge in [-0.2, -0.15) is 0 Å². The predicted molar refractivity (Wildman–Crippen MR) is 72.9 cm³/mol. The van der Waals surface area contributed by atoms with Crippen LogP contribution in [0.15, 0.2) is 42.5 Å². The molecule has 0 bridgehead atoms. The second-order valence-electron chi connectivity index (χ2n) is 4.63. The fourth-order valence-corrected chi connectivity index (χ4v) is 2.01. The zero-order valence-electron chi connectivity index (χ0n) is 10.9. The maximum Gasteiger partial charge on any atom is 0.123 e. The molecule has 0 saturated heterocycles. The minimum atomic E-state index is -0.207. The van der Waals surface area contributed by atoms with E-state index in [4.69, 9.17) is 0 Å². The van der Waals surface area contributed by atoms with Crippen molar-refractivity contribution in [3.63, 3.8) is 0 Å². The summed E-state index contributed by atoms with van der Waals surface area (Å²) < 4.78 is 25.9. The summed E-state index contributed by atoms with van der Waals surface area (Å²) in [5, 5.41) is 3.29. The summed E-state index contributed by atoms with van der Waals surface area (Å²) in [5.41, 5.74) is 3.00. The van der Waals surface area contributed by atoms with Crippen molar-refractivity contribution in [2.75, 3.05) is 6.54 Å². The third kappa shape index (κ3) is 4.14. The van der Waals surface area contributed by atoms with Gasteiger partial charge >= 0.3 is 0 Å². The second-order valence-corrected chi connectivity index (χ2v) is 4.63. The van der Waals surface area contributed by atoms with Crippen molar-refractivity contribution in [1.29, 1.82) is 0 Å². The van der Waals surface area contributed by atoms with Crippen molar-refractivity contribution in [3.8, 4) is 0 Å². The first-order valence-corrected chi connectivity index (χ1v) is 6.35. The molecule has 0 aromatic heterocycles. The minimum absolute atomic E-state index is 0.202. The van der Waals surface area contributed by atoms with Gasteiger partial charge in [-0.1, -0.05) is 18.2 Å². The van der Waals surface area contributed by atoms with Crippen LogP contribution in [-0.4, -0.2) is 6.54 Å². The van der Waals surface area contributed by atoms with Crippen LogP contribution >= 0.6 is 0 Å². The molecule has 2 rings (SSSR count). The molecular formula is C16H17F2N. The summed E-state index contributed by atoms with van der Waals surface area (Å²) in [6, 6.07) is 11.4. The Bertz CT molecular complexity index is 552. The first-order chi connectivity index (χ1) is 9.15. The Kier molecular flexibility index (Phi) is 4.63. The number of hydrogen-bond donors (Lipinski definition) is 1. The Labute approximate surface area is 112 Å². The molecule has 2 aromatic rings. The van der Waals surface area contributed by atoms with Crippen molar-refractivity contribution >= 4 is 0 Å². The van der Waals surface area contributed by atoms with Gasteiger partial charge in [0.25, 0.3) is 0 Å². The Morgan fingerprint density at radius 3 is 2.53 bits per heavy atom. The lowest BCUT2D eigenvalue weighted by molar-refractivity contribution is 0.620. The number of benzene rings is 2. The Balaban J connectivity index is 1.81. The fraction of sp³-hybridized carbons (Fsp3) is 0.250. The van der Waals surface area contributed by atoms with Gasteiger partial charge in [0.15, 0.2) is 0 Å². The first kappa shape index (κ1) is 13.7. The summed E-state index contributed by atoms with van der Waals surface area (Å²) in [5.74, 6) is -0.409. The van der Waals surface area contributed by atoms with Crippen LogP contribution in [0.5, 0.6) is 0 Å². The average Bonchev–Trinajstić information content (AvgIpc) is 2.37. The highest BCUT2D eigenvalue weighted by atomic mass is 19.1. The van der Waals surface area contributed by atoms with E-state index >= 15 is 0 Å². The van der Waals surface area contributed by atoms with Gasteiger partial charge in [0.2, 0.25) is 0 Å². The van der Waals surface area contributed by atoms with Gasteiger partial charge in [0, 0.05) is 6.54 Å². The Morgan fingerprint density at radius 1 is 1.00 bits per heavy atom. The largest absolute Gasteiger partial charge is 0.312 e. The number of hydrogen-bond acceptors (Lipinski definition) is 1. The van der Waals surface area contributed by atoms with Crippen LogP contribution in [-0.2, 0) is 13.0 Å². The summed E-state index contributed by atoms with van der Waals surface area (Å²) in [7, 11) is 0. The van der Waals surface area contributed by atoms with E-state index < -0.39 is 0 Å². The van der Waals surface area contributed by atoms with Gasteiger partial charge in [-0.25, -0.2) is 8.78 Å². The minimum Gasteiger partial charge on any atom is -0.312 e.